The van der Waals surface area contributed by atoms with Gasteiger partial charge in [0.1, 0.15) is 0 Å². The van der Waals surface area contributed by atoms with Gasteiger partial charge in [-0.1, -0.05) is 6.07 Å². The molecule has 12 heavy (non-hydrogen) atoms. The summed E-state index contributed by atoms with van der Waals surface area (Å²) in [5.74, 6) is -0.833. The number of carboxylic acid groups (broad SMARTS) is 1. The zero-order valence-corrected chi connectivity index (χ0v) is 6.19. The van der Waals surface area contributed by atoms with Crippen LogP contribution in [0.1, 0.15) is 6.92 Å². The Morgan fingerprint density at radius 1 is 1.25 bits per heavy atom. The molecule has 1 rings (SSSR count). The zero-order valence-electron chi connectivity index (χ0n) is 6.19. The quantitative estimate of drug-likeness (QED) is 0.568. The Morgan fingerprint density at radius 2 is 1.58 bits per heavy atom. The minimum Gasteiger partial charge on any atom is -0.265 e. The van der Waals surface area contributed by atoms with Crippen LogP contribution < -0.4 is 0 Å². The van der Waals surface area contributed by atoms with Crippen molar-refractivity contribution in [2.45, 2.75) is 6.92 Å². The molecule has 0 saturated carbocycles. The standard InChI is InChI=1S/C5H5N.C2H4O2.Ca.H2O.2H/c1-2-4-6-5-3-1;1-2(3)4;;;;/h1-5H;1H3,(H,3,4);;1H2;;. The van der Waals surface area contributed by atoms with Crippen LogP contribution in [0.3, 0.4) is 0 Å². The maximum atomic E-state index is 9.00. The van der Waals surface area contributed by atoms with Crippen molar-refractivity contribution >= 4 is 43.7 Å². The van der Waals surface area contributed by atoms with Gasteiger partial charge in [0, 0.05) is 19.3 Å². The number of carboxylic acids is 1. The molecule has 0 aromatic carbocycles. The molecular formula is C7H13CaNO3. The number of hydrogen-bond acceptors (Lipinski definition) is 2. The fourth-order valence-corrected chi connectivity index (χ4v) is 0.313. The van der Waals surface area contributed by atoms with E-state index in [1.54, 1.807) is 12.4 Å². The summed E-state index contributed by atoms with van der Waals surface area (Å²) < 4.78 is 0. The Balaban J connectivity index is -0.000000124. The topological polar surface area (TPSA) is 81.7 Å². The van der Waals surface area contributed by atoms with Crippen LogP contribution in [0.15, 0.2) is 30.6 Å². The Bertz CT molecular complexity index is 151. The molecular weight excluding hydrogens is 186 g/mol. The molecule has 1 aromatic rings. The van der Waals surface area contributed by atoms with E-state index in [2.05, 4.69) is 4.98 Å². The molecule has 66 valence electrons. The van der Waals surface area contributed by atoms with Crippen LogP contribution in [-0.4, -0.2) is 59.3 Å². The summed E-state index contributed by atoms with van der Waals surface area (Å²) in [7, 11) is 0. The number of pyridine rings is 1. The van der Waals surface area contributed by atoms with Crippen molar-refractivity contribution in [3.8, 4) is 0 Å². The summed E-state index contributed by atoms with van der Waals surface area (Å²) in [6.07, 6.45) is 3.50. The van der Waals surface area contributed by atoms with Gasteiger partial charge in [-0.15, -0.1) is 0 Å². The molecule has 5 heteroatoms. The largest absolute Gasteiger partial charge is 0.265 e. The number of aliphatic carboxylic acids is 1. The van der Waals surface area contributed by atoms with Gasteiger partial charge in [0.05, 0.1) is 0 Å². The van der Waals surface area contributed by atoms with Gasteiger partial charge in [0.15, 0.2) is 0 Å². The van der Waals surface area contributed by atoms with E-state index >= 15 is 0 Å². The van der Waals surface area contributed by atoms with Gasteiger partial charge >= 0.3 is 37.7 Å². The summed E-state index contributed by atoms with van der Waals surface area (Å²) in [4.78, 5) is 12.8. The first-order chi connectivity index (χ1) is 4.73. The van der Waals surface area contributed by atoms with Gasteiger partial charge in [-0.3, -0.25) is 9.78 Å². The monoisotopic (exact) mass is 199 g/mol. The molecule has 0 aliphatic carbocycles. The molecule has 3 N–H and O–H groups in total. The second kappa shape index (κ2) is 13.4. The molecule has 1 heterocycles. The molecule has 0 atom stereocenters. The van der Waals surface area contributed by atoms with Gasteiger partial charge < -0.3 is 10.6 Å². The Morgan fingerprint density at radius 3 is 1.67 bits per heavy atom. The molecule has 0 spiro atoms. The molecule has 0 aliphatic rings. The third kappa shape index (κ3) is 22.5. The van der Waals surface area contributed by atoms with E-state index in [0.717, 1.165) is 6.92 Å². The van der Waals surface area contributed by atoms with E-state index in [-0.39, 0.29) is 43.2 Å². The fourth-order valence-electron chi connectivity index (χ4n) is 0.313. The minimum atomic E-state index is -0.833. The number of rotatable bonds is 0. The van der Waals surface area contributed by atoms with Crippen LogP contribution in [0.4, 0.5) is 0 Å². The molecule has 0 aliphatic heterocycles. The van der Waals surface area contributed by atoms with Gasteiger partial charge in [-0.25, -0.2) is 0 Å². The van der Waals surface area contributed by atoms with E-state index in [9.17, 15) is 0 Å². The predicted octanol–water partition coefficient (Wildman–Crippen LogP) is -0.568. The van der Waals surface area contributed by atoms with Crippen LogP contribution in [0.25, 0.3) is 0 Å². The van der Waals surface area contributed by atoms with Gasteiger partial charge in [-0.05, 0) is 12.1 Å². The maximum Gasteiger partial charge on any atom is 0.0267 e. The van der Waals surface area contributed by atoms with Gasteiger partial charge in [0.2, 0.25) is 0 Å². The first-order valence-corrected chi connectivity index (χ1v) is 2.78. The van der Waals surface area contributed by atoms with E-state index in [4.69, 9.17) is 9.90 Å². The van der Waals surface area contributed by atoms with E-state index in [1.807, 2.05) is 18.2 Å². The Kier molecular flexibility index (Phi) is 19.9. The molecule has 0 bridgehead atoms. The maximum absolute atomic E-state index is 9.00. The van der Waals surface area contributed by atoms with Gasteiger partial charge in [0.25, 0.3) is 5.97 Å². The average Bonchev–Trinajstić information content (AvgIpc) is 1.90. The summed E-state index contributed by atoms with van der Waals surface area (Å²) in [6, 6.07) is 5.72. The Labute approximate surface area is 101 Å². The van der Waals surface area contributed by atoms with E-state index < -0.39 is 5.97 Å². The van der Waals surface area contributed by atoms with Crippen LogP contribution in [0.5, 0.6) is 0 Å². The first kappa shape index (κ1) is 17.8. The van der Waals surface area contributed by atoms with Crippen molar-refractivity contribution < 1.29 is 15.4 Å². The molecule has 0 fully saturated rings. The van der Waals surface area contributed by atoms with Crippen LogP contribution in [-0.2, 0) is 4.79 Å². The summed E-state index contributed by atoms with van der Waals surface area (Å²) in [5, 5.41) is 7.42. The third-order valence-corrected chi connectivity index (χ3v) is 0.566. The van der Waals surface area contributed by atoms with E-state index in [1.165, 1.54) is 0 Å². The number of carbonyl (C=O) groups is 1. The number of nitrogens with zero attached hydrogens (tertiary/aromatic N) is 1. The van der Waals surface area contributed by atoms with Crippen LogP contribution in [0.2, 0.25) is 0 Å². The van der Waals surface area contributed by atoms with Crippen molar-refractivity contribution in [2.75, 3.05) is 0 Å². The molecule has 0 unspecified atom stereocenters. The molecule has 0 radical (unpaired) electrons. The second-order valence-corrected chi connectivity index (χ2v) is 1.54. The SMILES string of the molecule is CC(=O)O.O.[CaH2].c1ccncc1. The van der Waals surface area contributed by atoms with Crippen molar-refractivity contribution in [3.63, 3.8) is 0 Å². The zero-order chi connectivity index (χ0) is 7.82. The average molecular weight is 199 g/mol. The predicted molar refractivity (Wildman–Crippen MR) is 49.7 cm³/mol. The number of aromatic nitrogens is 1. The van der Waals surface area contributed by atoms with Gasteiger partial charge in [-0.2, -0.15) is 0 Å². The summed E-state index contributed by atoms with van der Waals surface area (Å²) in [6.45, 7) is 1.08. The van der Waals surface area contributed by atoms with Crippen LogP contribution >= 0.6 is 0 Å². The van der Waals surface area contributed by atoms with Crippen LogP contribution in [0, 0.1) is 0 Å². The Hall–Kier alpha value is -0.160. The molecule has 0 saturated heterocycles. The molecule has 4 nitrogen and oxygen atoms in total. The third-order valence-electron chi connectivity index (χ3n) is 0.566. The second-order valence-electron chi connectivity index (χ2n) is 1.54. The van der Waals surface area contributed by atoms with Crippen molar-refractivity contribution in [1.29, 1.82) is 0 Å². The summed E-state index contributed by atoms with van der Waals surface area (Å²) >= 11 is 0. The van der Waals surface area contributed by atoms with Crippen molar-refractivity contribution in [3.05, 3.63) is 30.6 Å². The van der Waals surface area contributed by atoms with E-state index in [0.29, 0.717) is 0 Å². The normalized spacial score (nSPS) is 6.08. The van der Waals surface area contributed by atoms with Crippen molar-refractivity contribution in [2.24, 2.45) is 0 Å². The molecule has 0 amide bonds. The summed E-state index contributed by atoms with van der Waals surface area (Å²) in [5.41, 5.74) is 0. The fraction of sp³-hybridized carbons (Fsp3) is 0.143. The minimum absolute atomic E-state index is 0. The number of hydrogen-bond donors (Lipinski definition) is 1. The smallest absolute Gasteiger partial charge is 0.0267 e. The first-order valence-electron chi connectivity index (χ1n) is 2.78. The van der Waals surface area contributed by atoms with Crippen molar-refractivity contribution in [1.82, 2.24) is 4.98 Å². The molecule has 1 aromatic heterocycles.